The fourth-order valence-electron chi connectivity index (χ4n) is 2.92. The second-order valence-corrected chi connectivity index (χ2v) is 5.77. The molecule has 0 N–H and O–H groups in total. The minimum atomic E-state index is 0.410. The average Bonchev–Trinajstić information content (AvgIpc) is 2.97. The summed E-state index contributed by atoms with van der Waals surface area (Å²) in [5.41, 5.74) is 2.15. The Morgan fingerprint density at radius 1 is 1.19 bits per heavy atom. The van der Waals surface area contributed by atoms with Crippen LogP contribution in [0.15, 0.2) is 42.6 Å². The first kappa shape index (κ1) is 14.0. The van der Waals surface area contributed by atoms with E-state index in [2.05, 4.69) is 23.1 Å². The van der Waals surface area contributed by atoms with Gasteiger partial charge in [0.2, 0.25) is 0 Å². The molecule has 110 valence electrons. The Morgan fingerprint density at radius 2 is 1.90 bits per heavy atom. The minimum Gasteiger partial charge on any atom is -0.300 e. The van der Waals surface area contributed by atoms with Crippen LogP contribution < -0.4 is 0 Å². The van der Waals surface area contributed by atoms with Gasteiger partial charge in [0.1, 0.15) is 5.78 Å². The molecule has 1 fully saturated rings. The van der Waals surface area contributed by atoms with Gasteiger partial charge in [-0.25, -0.2) is 4.68 Å². The summed E-state index contributed by atoms with van der Waals surface area (Å²) in [6.45, 7) is 0.832. The molecule has 0 spiro atoms. The van der Waals surface area contributed by atoms with E-state index in [0.717, 1.165) is 43.6 Å². The molecular weight excluding hydrogens is 262 g/mol. The summed E-state index contributed by atoms with van der Waals surface area (Å²) in [4.78, 5) is 13.6. The summed E-state index contributed by atoms with van der Waals surface area (Å²) in [5.74, 6) is 0.410. The molecule has 1 aliphatic carbocycles. The van der Waals surface area contributed by atoms with E-state index in [4.69, 9.17) is 0 Å². The highest BCUT2D eigenvalue weighted by atomic mass is 16.1. The van der Waals surface area contributed by atoms with Crippen LogP contribution in [-0.2, 0) is 11.3 Å². The van der Waals surface area contributed by atoms with Gasteiger partial charge in [0.15, 0.2) is 0 Å². The molecule has 0 unspecified atom stereocenters. The molecule has 0 radical (unpaired) electrons. The van der Waals surface area contributed by atoms with Gasteiger partial charge in [-0.1, -0.05) is 18.2 Å². The summed E-state index contributed by atoms with van der Waals surface area (Å²) in [6.07, 6.45) is 5.42. The Bertz CT molecular complexity index is 596. The van der Waals surface area contributed by atoms with Crippen LogP contribution >= 0.6 is 0 Å². The zero-order chi connectivity index (χ0) is 14.7. The lowest BCUT2D eigenvalue weighted by Crippen LogP contribution is -2.34. The molecule has 0 atom stereocenters. The topological polar surface area (TPSA) is 38.1 Å². The van der Waals surface area contributed by atoms with Gasteiger partial charge in [-0.2, -0.15) is 5.10 Å². The third-order valence-corrected chi connectivity index (χ3v) is 4.21. The van der Waals surface area contributed by atoms with E-state index in [1.165, 1.54) is 0 Å². The molecule has 4 heteroatoms. The summed E-state index contributed by atoms with van der Waals surface area (Å²) in [7, 11) is 2.13. The van der Waals surface area contributed by atoms with Crippen molar-refractivity contribution in [3.63, 3.8) is 0 Å². The third-order valence-electron chi connectivity index (χ3n) is 4.21. The first-order chi connectivity index (χ1) is 10.2. The lowest BCUT2D eigenvalue weighted by Gasteiger charge is -2.30. The van der Waals surface area contributed by atoms with E-state index < -0.39 is 0 Å². The second-order valence-electron chi connectivity index (χ2n) is 5.77. The van der Waals surface area contributed by atoms with Gasteiger partial charge in [0, 0.05) is 31.6 Å². The number of rotatable bonds is 4. The minimum absolute atomic E-state index is 0.410. The summed E-state index contributed by atoms with van der Waals surface area (Å²) >= 11 is 0. The number of Topliss-reactive ketones (excluding diaryl/α,β-unsaturated/α-hetero) is 1. The largest absolute Gasteiger partial charge is 0.300 e. The van der Waals surface area contributed by atoms with Crippen molar-refractivity contribution in [3.05, 3.63) is 48.3 Å². The van der Waals surface area contributed by atoms with Crippen LogP contribution in [0, 0.1) is 0 Å². The molecule has 1 aromatic heterocycles. The predicted molar refractivity (Wildman–Crippen MR) is 82.3 cm³/mol. The number of carbonyl (C=O) groups is 1. The van der Waals surface area contributed by atoms with Gasteiger partial charge >= 0.3 is 0 Å². The predicted octanol–water partition coefficient (Wildman–Crippen LogP) is 2.82. The van der Waals surface area contributed by atoms with Crippen LogP contribution in [0.25, 0.3) is 5.69 Å². The van der Waals surface area contributed by atoms with E-state index in [1.54, 1.807) is 0 Å². The SMILES string of the molecule is CN(Cc1ccn(-c2ccccc2)n1)C1CCC(=O)CC1. The Hall–Kier alpha value is -1.94. The Morgan fingerprint density at radius 3 is 2.62 bits per heavy atom. The number of ketones is 1. The Labute approximate surface area is 125 Å². The van der Waals surface area contributed by atoms with Crippen molar-refractivity contribution in [2.75, 3.05) is 7.05 Å². The molecule has 4 nitrogen and oxygen atoms in total. The van der Waals surface area contributed by atoms with Crippen molar-refractivity contribution < 1.29 is 4.79 Å². The monoisotopic (exact) mass is 283 g/mol. The molecular formula is C17H21N3O. The standard InChI is InChI=1S/C17H21N3O/c1-19(15-7-9-17(21)10-8-15)13-14-11-12-20(18-14)16-5-3-2-4-6-16/h2-6,11-12,15H,7-10,13H2,1H3. The molecule has 2 aromatic rings. The summed E-state index contributed by atoms with van der Waals surface area (Å²) in [5, 5.41) is 4.64. The zero-order valence-electron chi connectivity index (χ0n) is 12.4. The van der Waals surface area contributed by atoms with Gasteiger partial charge in [-0.15, -0.1) is 0 Å². The van der Waals surface area contributed by atoms with Gasteiger partial charge in [-0.05, 0) is 38.1 Å². The van der Waals surface area contributed by atoms with E-state index in [-0.39, 0.29) is 0 Å². The second kappa shape index (κ2) is 6.22. The smallest absolute Gasteiger partial charge is 0.133 e. The highest BCUT2D eigenvalue weighted by Crippen LogP contribution is 2.20. The first-order valence-electron chi connectivity index (χ1n) is 7.54. The molecule has 0 saturated heterocycles. The Kier molecular flexibility index (Phi) is 4.15. The maximum Gasteiger partial charge on any atom is 0.133 e. The maximum atomic E-state index is 11.3. The van der Waals surface area contributed by atoms with E-state index in [9.17, 15) is 4.79 Å². The van der Waals surface area contributed by atoms with Crippen molar-refractivity contribution in [2.24, 2.45) is 0 Å². The number of nitrogens with zero attached hydrogens (tertiary/aromatic N) is 3. The number of hydrogen-bond acceptors (Lipinski definition) is 3. The van der Waals surface area contributed by atoms with Crippen LogP contribution in [0.4, 0.5) is 0 Å². The van der Waals surface area contributed by atoms with E-state index >= 15 is 0 Å². The van der Waals surface area contributed by atoms with Crippen LogP contribution in [-0.4, -0.2) is 33.6 Å². The van der Waals surface area contributed by atoms with E-state index in [1.807, 2.05) is 41.2 Å². The number of para-hydroxylation sites is 1. The molecule has 1 heterocycles. The quantitative estimate of drug-likeness (QED) is 0.866. The highest BCUT2D eigenvalue weighted by Gasteiger charge is 2.22. The molecule has 3 rings (SSSR count). The van der Waals surface area contributed by atoms with Gasteiger partial charge < -0.3 is 0 Å². The van der Waals surface area contributed by atoms with Crippen LogP contribution in [0.5, 0.6) is 0 Å². The van der Waals surface area contributed by atoms with Gasteiger partial charge in [0.05, 0.1) is 11.4 Å². The van der Waals surface area contributed by atoms with Crippen LogP contribution in [0.1, 0.15) is 31.4 Å². The molecule has 0 aliphatic heterocycles. The molecule has 21 heavy (non-hydrogen) atoms. The molecule has 0 amide bonds. The van der Waals surface area contributed by atoms with Crippen molar-refractivity contribution in [1.29, 1.82) is 0 Å². The first-order valence-corrected chi connectivity index (χ1v) is 7.54. The number of carbonyl (C=O) groups excluding carboxylic acids is 1. The Balaban J connectivity index is 1.63. The highest BCUT2D eigenvalue weighted by molar-refractivity contribution is 5.79. The lowest BCUT2D eigenvalue weighted by molar-refractivity contribution is -0.121. The van der Waals surface area contributed by atoms with Crippen LogP contribution in [0.3, 0.4) is 0 Å². The molecule has 0 bridgehead atoms. The molecule has 1 saturated carbocycles. The van der Waals surface area contributed by atoms with Gasteiger partial charge in [0.25, 0.3) is 0 Å². The maximum absolute atomic E-state index is 11.3. The lowest BCUT2D eigenvalue weighted by atomic mass is 9.93. The molecule has 1 aliphatic rings. The normalized spacial score (nSPS) is 16.6. The summed E-state index contributed by atoms with van der Waals surface area (Å²) < 4.78 is 1.91. The average molecular weight is 283 g/mol. The van der Waals surface area contributed by atoms with Crippen molar-refractivity contribution in [3.8, 4) is 5.69 Å². The number of hydrogen-bond donors (Lipinski definition) is 0. The number of aromatic nitrogens is 2. The van der Waals surface area contributed by atoms with Crippen molar-refractivity contribution in [2.45, 2.75) is 38.3 Å². The van der Waals surface area contributed by atoms with E-state index in [0.29, 0.717) is 11.8 Å². The van der Waals surface area contributed by atoms with Crippen molar-refractivity contribution >= 4 is 5.78 Å². The van der Waals surface area contributed by atoms with Crippen LogP contribution in [0.2, 0.25) is 0 Å². The van der Waals surface area contributed by atoms with Gasteiger partial charge in [-0.3, -0.25) is 9.69 Å². The third kappa shape index (κ3) is 3.39. The number of benzene rings is 1. The molecule has 1 aromatic carbocycles. The fourth-order valence-corrected chi connectivity index (χ4v) is 2.92. The fraction of sp³-hybridized carbons (Fsp3) is 0.412. The summed E-state index contributed by atoms with van der Waals surface area (Å²) in [6, 6.07) is 12.7. The van der Waals surface area contributed by atoms with Crippen molar-refractivity contribution in [1.82, 2.24) is 14.7 Å². The zero-order valence-corrected chi connectivity index (χ0v) is 12.4.